The molecule has 0 spiro atoms. The average Bonchev–Trinajstić information content (AvgIpc) is 3.33. The van der Waals surface area contributed by atoms with E-state index in [1.54, 1.807) is 0 Å². The van der Waals surface area contributed by atoms with Gasteiger partial charge in [0.25, 0.3) is 0 Å². The maximum Gasteiger partial charge on any atom is 0.418 e. The molecule has 0 bridgehead atoms. The van der Waals surface area contributed by atoms with Crippen LogP contribution in [0.2, 0.25) is 5.02 Å². The molecule has 0 amide bonds. The van der Waals surface area contributed by atoms with Crippen molar-refractivity contribution in [2.45, 2.75) is 38.5 Å². The van der Waals surface area contributed by atoms with Crippen LogP contribution in [0.4, 0.5) is 26.3 Å². The molecule has 8 nitrogen and oxygen atoms in total. The van der Waals surface area contributed by atoms with E-state index in [4.69, 9.17) is 11.6 Å². The number of aliphatic hydroxyl groups excluding tert-OH is 1. The molecule has 0 saturated heterocycles. The van der Waals surface area contributed by atoms with Crippen LogP contribution in [0.5, 0.6) is 0 Å². The summed E-state index contributed by atoms with van der Waals surface area (Å²) in [5, 5.41) is 18.1. The Kier molecular flexibility index (Phi) is 6.90. The molecular formula is C22H17ClF6N6O2. The molecular weight excluding hydrogens is 530 g/mol. The molecule has 0 radical (unpaired) electrons. The summed E-state index contributed by atoms with van der Waals surface area (Å²) in [5.74, 6) is -0.228. The lowest BCUT2D eigenvalue weighted by molar-refractivity contribution is -0.207. The van der Waals surface area contributed by atoms with Crippen molar-refractivity contribution in [2.75, 3.05) is 0 Å². The zero-order valence-electron chi connectivity index (χ0n) is 18.8. The van der Waals surface area contributed by atoms with Gasteiger partial charge in [-0.25, -0.2) is 19.1 Å². The summed E-state index contributed by atoms with van der Waals surface area (Å²) in [4.78, 5) is 17.1. The fourth-order valence-electron chi connectivity index (χ4n) is 3.57. The standard InChI is InChI=1S/C22H17ClF6N6O2/c1-12-30-18(31-35(12)16-5-3-2-4-15(16)21(24,25)26)11-34-20(37)33(10-17(36)22(27,28)29)19(32-34)13-6-8-14(23)9-7-13/h2-9,17,36H,10-11H2,1H3/t17-/m0/s1. The minimum Gasteiger partial charge on any atom is -0.382 e. The van der Waals surface area contributed by atoms with Crippen LogP contribution in [0.25, 0.3) is 17.1 Å². The lowest BCUT2D eigenvalue weighted by Crippen LogP contribution is -2.37. The Morgan fingerprint density at radius 3 is 2.27 bits per heavy atom. The Labute approximate surface area is 209 Å². The van der Waals surface area contributed by atoms with Gasteiger partial charge in [0.05, 0.1) is 17.8 Å². The summed E-state index contributed by atoms with van der Waals surface area (Å²) in [7, 11) is 0. The number of aryl methyl sites for hydroxylation is 1. The highest BCUT2D eigenvalue weighted by Crippen LogP contribution is 2.33. The van der Waals surface area contributed by atoms with Crippen molar-refractivity contribution in [3.8, 4) is 17.1 Å². The van der Waals surface area contributed by atoms with Gasteiger partial charge in [0, 0.05) is 10.6 Å². The summed E-state index contributed by atoms with van der Waals surface area (Å²) in [6.07, 6.45) is -12.5. The number of benzene rings is 2. The number of alkyl halides is 6. The molecule has 196 valence electrons. The second-order valence-corrected chi connectivity index (χ2v) is 8.38. The zero-order valence-corrected chi connectivity index (χ0v) is 19.6. The number of nitrogens with zero attached hydrogens (tertiary/aromatic N) is 6. The number of rotatable bonds is 6. The second-order valence-electron chi connectivity index (χ2n) is 7.94. The van der Waals surface area contributed by atoms with E-state index >= 15 is 0 Å². The van der Waals surface area contributed by atoms with Crippen molar-refractivity contribution in [3.63, 3.8) is 0 Å². The van der Waals surface area contributed by atoms with Gasteiger partial charge in [0.15, 0.2) is 17.8 Å². The van der Waals surface area contributed by atoms with Crippen molar-refractivity contribution in [3.05, 3.63) is 81.3 Å². The first-order valence-electron chi connectivity index (χ1n) is 10.5. The van der Waals surface area contributed by atoms with E-state index in [-0.39, 0.29) is 28.7 Å². The second kappa shape index (κ2) is 9.67. The van der Waals surface area contributed by atoms with Gasteiger partial charge in [-0.2, -0.15) is 26.3 Å². The molecule has 4 aromatic rings. The van der Waals surface area contributed by atoms with E-state index in [1.165, 1.54) is 49.4 Å². The van der Waals surface area contributed by atoms with Crippen molar-refractivity contribution >= 4 is 11.6 Å². The van der Waals surface area contributed by atoms with E-state index in [0.717, 1.165) is 15.4 Å². The van der Waals surface area contributed by atoms with Crippen LogP contribution in [-0.2, 0) is 19.3 Å². The monoisotopic (exact) mass is 546 g/mol. The third kappa shape index (κ3) is 5.54. The van der Waals surface area contributed by atoms with Gasteiger partial charge in [0.2, 0.25) is 0 Å². The van der Waals surface area contributed by atoms with Crippen LogP contribution < -0.4 is 5.69 Å². The topological polar surface area (TPSA) is 90.8 Å². The van der Waals surface area contributed by atoms with Gasteiger partial charge >= 0.3 is 18.0 Å². The molecule has 2 aromatic heterocycles. The molecule has 2 aromatic carbocycles. The van der Waals surface area contributed by atoms with Gasteiger partial charge in [-0.1, -0.05) is 23.7 Å². The van der Waals surface area contributed by atoms with Crippen molar-refractivity contribution in [1.82, 2.24) is 29.1 Å². The molecule has 37 heavy (non-hydrogen) atoms. The van der Waals surface area contributed by atoms with Crippen LogP contribution in [0.15, 0.2) is 53.3 Å². The van der Waals surface area contributed by atoms with Crippen molar-refractivity contribution in [1.29, 1.82) is 0 Å². The lowest BCUT2D eigenvalue weighted by Gasteiger charge is -2.15. The predicted octanol–water partition coefficient (Wildman–Crippen LogP) is 4.24. The molecule has 2 heterocycles. The highest BCUT2D eigenvalue weighted by atomic mass is 35.5. The summed E-state index contributed by atoms with van der Waals surface area (Å²) in [6, 6.07) is 10.4. The highest BCUT2D eigenvalue weighted by molar-refractivity contribution is 6.30. The highest BCUT2D eigenvalue weighted by Gasteiger charge is 2.39. The number of para-hydroxylation sites is 1. The van der Waals surface area contributed by atoms with E-state index in [9.17, 15) is 36.2 Å². The smallest absolute Gasteiger partial charge is 0.382 e. The van der Waals surface area contributed by atoms with Gasteiger partial charge in [-0.05, 0) is 43.3 Å². The number of halogens is 7. The number of aromatic nitrogens is 6. The lowest BCUT2D eigenvalue weighted by atomic mass is 10.1. The number of aliphatic hydroxyl groups is 1. The Morgan fingerprint density at radius 1 is 1.00 bits per heavy atom. The van der Waals surface area contributed by atoms with Crippen LogP contribution in [0.3, 0.4) is 0 Å². The summed E-state index contributed by atoms with van der Waals surface area (Å²) >= 11 is 5.86. The average molecular weight is 547 g/mol. The summed E-state index contributed by atoms with van der Waals surface area (Å²) in [6.45, 7) is -0.194. The zero-order chi connectivity index (χ0) is 27.1. The van der Waals surface area contributed by atoms with Gasteiger partial charge < -0.3 is 5.11 Å². The largest absolute Gasteiger partial charge is 0.418 e. The molecule has 1 N–H and O–H groups in total. The Hall–Kier alpha value is -3.65. The van der Waals surface area contributed by atoms with E-state index in [1.807, 2.05) is 0 Å². The quantitative estimate of drug-likeness (QED) is 0.365. The van der Waals surface area contributed by atoms with Gasteiger partial charge in [-0.3, -0.25) is 4.57 Å². The predicted molar refractivity (Wildman–Crippen MR) is 119 cm³/mol. The Morgan fingerprint density at radius 2 is 1.65 bits per heavy atom. The minimum absolute atomic E-state index is 0.0737. The van der Waals surface area contributed by atoms with Crippen LogP contribution >= 0.6 is 11.6 Å². The van der Waals surface area contributed by atoms with Crippen LogP contribution in [-0.4, -0.2) is 46.5 Å². The molecule has 4 rings (SSSR count). The first-order valence-corrected chi connectivity index (χ1v) is 10.9. The molecule has 0 unspecified atom stereocenters. The summed E-state index contributed by atoms with van der Waals surface area (Å²) < 4.78 is 81.8. The number of hydrogen-bond acceptors (Lipinski definition) is 5. The van der Waals surface area contributed by atoms with E-state index < -0.39 is 42.8 Å². The fourth-order valence-corrected chi connectivity index (χ4v) is 3.69. The van der Waals surface area contributed by atoms with E-state index in [0.29, 0.717) is 9.59 Å². The first kappa shape index (κ1) is 26.4. The molecule has 1 atom stereocenters. The molecule has 0 fully saturated rings. The van der Waals surface area contributed by atoms with Crippen molar-refractivity contribution < 1.29 is 31.4 Å². The fraction of sp³-hybridized carbons (Fsp3) is 0.273. The number of hydrogen-bond donors (Lipinski definition) is 1. The third-order valence-electron chi connectivity index (χ3n) is 5.30. The molecule has 0 saturated carbocycles. The summed E-state index contributed by atoms with van der Waals surface area (Å²) in [5.41, 5.74) is -2.03. The maximum atomic E-state index is 13.5. The van der Waals surface area contributed by atoms with Gasteiger partial charge in [-0.15, -0.1) is 10.2 Å². The van der Waals surface area contributed by atoms with Crippen molar-refractivity contribution in [2.24, 2.45) is 0 Å². The molecule has 0 aliphatic rings. The molecule has 15 heteroatoms. The third-order valence-corrected chi connectivity index (χ3v) is 5.55. The minimum atomic E-state index is -5.00. The van der Waals surface area contributed by atoms with E-state index in [2.05, 4.69) is 15.2 Å². The van der Waals surface area contributed by atoms with Crippen LogP contribution in [0.1, 0.15) is 17.2 Å². The normalized spacial score (nSPS) is 13.2. The Bertz CT molecular complexity index is 1470. The Balaban J connectivity index is 1.75. The molecule has 0 aliphatic carbocycles. The molecule has 0 aliphatic heterocycles. The maximum absolute atomic E-state index is 13.5. The van der Waals surface area contributed by atoms with Gasteiger partial charge in [0.1, 0.15) is 12.4 Å². The van der Waals surface area contributed by atoms with Crippen LogP contribution in [0, 0.1) is 6.92 Å². The first-order chi connectivity index (χ1) is 17.3. The SMILES string of the molecule is Cc1nc(Cn2nc(-c3ccc(Cl)cc3)n(C[C@H](O)C(F)(F)F)c2=O)nn1-c1ccccc1C(F)(F)F.